The van der Waals surface area contributed by atoms with E-state index in [-0.39, 0.29) is 0 Å². The van der Waals surface area contributed by atoms with Crippen LogP contribution in [-0.4, -0.2) is 9.97 Å². The molecule has 1 aromatic heterocycles. The third-order valence-corrected chi connectivity index (χ3v) is 12.0. The second-order valence-corrected chi connectivity index (χ2v) is 15.4. The van der Waals surface area contributed by atoms with Gasteiger partial charge in [0.25, 0.3) is 0 Å². The van der Waals surface area contributed by atoms with Crippen molar-refractivity contribution in [2.45, 2.75) is 18.8 Å². The number of para-hydroxylation sites is 1. The van der Waals surface area contributed by atoms with Crippen molar-refractivity contribution < 1.29 is 4.74 Å². The fourth-order valence-corrected chi connectivity index (χ4v) is 9.27. The number of benzene rings is 7. The van der Waals surface area contributed by atoms with Crippen molar-refractivity contribution in [1.82, 2.24) is 9.97 Å². The van der Waals surface area contributed by atoms with Gasteiger partial charge in [-0.2, -0.15) is 0 Å². The Morgan fingerprint density at radius 3 is 1.70 bits per heavy atom. The minimum absolute atomic E-state index is 0.439. The fraction of sp³-hybridized carbons (Fsp3) is 0.0741. The molecule has 0 amide bonds. The van der Waals surface area contributed by atoms with Gasteiger partial charge in [-0.25, -0.2) is 9.97 Å². The lowest BCUT2D eigenvalue weighted by Gasteiger charge is -2.41. The molecule has 8 aromatic rings. The summed E-state index contributed by atoms with van der Waals surface area (Å²) in [7, 11) is 0. The second-order valence-electron chi connectivity index (χ2n) is 15.4. The lowest BCUT2D eigenvalue weighted by atomic mass is 9.63. The molecule has 270 valence electrons. The maximum absolute atomic E-state index is 6.90. The molecule has 11 rings (SSSR count). The molecule has 57 heavy (non-hydrogen) atoms. The van der Waals surface area contributed by atoms with Crippen molar-refractivity contribution >= 4 is 5.57 Å². The number of hydrogen-bond donors (Lipinski definition) is 0. The van der Waals surface area contributed by atoms with Crippen LogP contribution in [0.25, 0.3) is 61.7 Å². The Labute approximate surface area is 333 Å². The molecule has 2 atom stereocenters. The van der Waals surface area contributed by atoms with Gasteiger partial charge in [-0.1, -0.05) is 183 Å². The molecule has 7 aromatic carbocycles. The van der Waals surface area contributed by atoms with Gasteiger partial charge in [0.1, 0.15) is 11.5 Å². The molecule has 1 unspecified atom stereocenters. The summed E-state index contributed by atoms with van der Waals surface area (Å²) in [4.78, 5) is 10.5. The zero-order valence-electron chi connectivity index (χ0n) is 31.6. The van der Waals surface area contributed by atoms with E-state index in [1.54, 1.807) is 0 Å². The maximum Gasteiger partial charge on any atom is 0.160 e. The van der Waals surface area contributed by atoms with Gasteiger partial charge in [0.05, 0.1) is 16.8 Å². The van der Waals surface area contributed by atoms with Crippen LogP contribution >= 0.6 is 0 Å². The molecule has 0 radical (unpaired) electrons. The lowest BCUT2D eigenvalue weighted by molar-refractivity contribution is 0.429. The lowest BCUT2D eigenvalue weighted by Crippen LogP contribution is -2.34. The molecule has 1 aliphatic heterocycles. The van der Waals surface area contributed by atoms with E-state index in [9.17, 15) is 0 Å². The summed E-state index contributed by atoms with van der Waals surface area (Å²) in [5.41, 5.74) is 16.7. The van der Waals surface area contributed by atoms with Crippen LogP contribution < -0.4 is 4.74 Å². The van der Waals surface area contributed by atoms with E-state index in [0.29, 0.717) is 11.7 Å². The molecule has 3 heteroatoms. The topological polar surface area (TPSA) is 35.0 Å². The minimum Gasteiger partial charge on any atom is -0.457 e. The van der Waals surface area contributed by atoms with Gasteiger partial charge in [0.15, 0.2) is 5.82 Å². The van der Waals surface area contributed by atoms with E-state index < -0.39 is 5.41 Å². The molecule has 3 nitrogen and oxygen atoms in total. The van der Waals surface area contributed by atoms with Crippen LogP contribution in [0, 0.1) is 5.92 Å². The standard InChI is InChI=1S/C54H38N2O/c1-35-20-30-44-43-16-8-9-17-45(43)54(48(44)32-35)46-18-10-11-19-51(46)57-52-33-42(29-31-47(52)54)50-34-49(40-25-21-38(22-26-40)36-12-4-2-5-13-36)55-53(56-50)41-27-23-39(24-28-41)37-14-6-3-7-15-37/h2-31,33-35H,32H2,1H3/t35-,54?/m1/s1. The number of nitrogens with zero attached hydrogens (tertiary/aromatic N) is 2. The summed E-state index contributed by atoms with van der Waals surface area (Å²) in [5.74, 6) is 2.87. The molecule has 2 heterocycles. The molecule has 3 aliphatic rings. The molecule has 0 N–H and O–H groups in total. The second kappa shape index (κ2) is 13.3. The van der Waals surface area contributed by atoms with E-state index >= 15 is 0 Å². The maximum atomic E-state index is 6.90. The largest absolute Gasteiger partial charge is 0.457 e. The Balaban J connectivity index is 1.07. The highest BCUT2D eigenvalue weighted by Gasteiger charge is 2.52. The molecule has 0 bridgehead atoms. The van der Waals surface area contributed by atoms with Gasteiger partial charge in [0, 0.05) is 27.8 Å². The van der Waals surface area contributed by atoms with Gasteiger partial charge in [-0.05, 0) is 75.1 Å². The van der Waals surface area contributed by atoms with E-state index in [1.165, 1.54) is 50.1 Å². The monoisotopic (exact) mass is 730 g/mol. The summed E-state index contributed by atoms with van der Waals surface area (Å²) in [6.45, 7) is 2.32. The third kappa shape index (κ3) is 5.42. The van der Waals surface area contributed by atoms with Gasteiger partial charge >= 0.3 is 0 Å². The van der Waals surface area contributed by atoms with Crippen LogP contribution in [0.5, 0.6) is 11.5 Å². The molecule has 0 saturated carbocycles. The summed E-state index contributed by atoms with van der Waals surface area (Å²) >= 11 is 0. The smallest absolute Gasteiger partial charge is 0.160 e. The first-order valence-corrected chi connectivity index (χ1v) is 19.8. The zero-order valence-corrected chi connectivity index (χ0v) is 31.6. The van der Waals surface area contributed by atoms with Gasteiger partial charge in [-0.15, -0.1) is 0 Å². The minimum atomic E-state index is -0.448. The van der Waals surface area contributed by atoms with E-state index in [1.807, 2.05) is 12.1 Å². The van der Waals surface area contributed by atoms with Crippen LogP contribution in [0.4, 0.5) is 0 Å². The molecule has 2 aliphatic carbocycles. The number of rotatable bonds is 5. The van der Waals surface area contributed by atoms with Crippen molar-refractivity contribution in [3.05, 3.63) is 222 Å². The summed E-state index contributed by atoms with van der Waals surface area (Å²) < 4.78 is 6.90. The molecule has 1 spiro atoms. The predicted molar refractivity (Wildman–Crippen MR) is 232 cm³/mol. The van der Waals surface area contributed by atoms with Crippen LogP contribution in [0.15, 0.2) is 200 Å². The summed E-state index contributed by atoms with van der Waals surface area (Å²) in [6, 6.07) is 64.6. The van der Waals surface area contributed by atoms with Crippen molar-refractivity contribution in [1.29, 1.82) is 0 Å². The van der Waals surface area contributed by atoms with Crippen LogP contribution in [0.3, 0.4) is 0 Å². The van der Waals surface area contributed by atoms with Crippen LogP contribution in [0.1, 0.15) is 35.6 Å². The number of hydrogen-bond acceptors (Lipinski definition) is 3. The van der Waals surface area contributed by atoms with E-state index in [4.69, 9.17) is 14.7 Å². The van der Waals surface area contributed by atoms with Crippen molar-refractivity contribution in [2.24, 2.45) is 5.92 Å². The molecular formula is C54H38N2O. The third-order valence-electron chi connectivity index (χ3n) is 12.0. The molecule has 0 saturated heterocycles. The summed E-state index contributed by atoms with van der Waals surface area (Å²) in [5, 5.41) is 0. The highest BCUT2D eigenvalue weighted by atomic mass is 16.5. The SMILES string of the molecule is C[C@@H]1C=CC2=C(C1)C1(c3ccccc3Oc3cc(-c4cc(-c5ccc(-c6ccccc6)cc5)nc(-c5ccc(-c6ccccc6)cc5)n4)ccc31)c1ccccc12. The predicted octanol–water partition coefficient (Wildman–Crippen LogP) is 13.6. The fourth-order valence-electron chi connectivity index (χ4n) is 9.27. The Morgan fingerprint density at radius 2 is 1.00 bits per heavy atom. The number of aromatic nitrogens is 2. The zero-order chi connectivity index (χ0) is 37.9. The normalized spacial score (nSPS) is 17.4. The number of allylic oxidation sites excluding steroid dienone is 4. The Morgan fingerprint density at radius 1 is 0.474 bits per heavy atom. The first-order chi connectivity index (χ1) is 28.1. The average molecular weight is 731 g/mol. The first-order valence-electron chi connectivity index (χ1n) is 19.8. The highest BCUT2D eigenvalue weighted by Crippen LogP contribution is 2.63. The Hall–Kier alpha value is -7.10. The van der Waals surface area contributed by atoms with Crippen LogP contribution in [0.2, 0.25) is 0 Å². The van der Waals surface area contributed by atoms with Crippen molar-refractivity contribution in [3.63, 3.8) is 0 Å². The van der Waals surface area contributed by atoms with E-state index in [0.717, 1.165) is 51.6 Å². The van der Waals surface area contributed by atoms with Crippen LogP contribution in [-0.2, 0) is 5.41 Å². The summed E-state index contributed by atoms with van der Waals surface area (Å²) in [6.07, 6.45) is 5.70. The molecular weight excluding hydrogens is 693 g/mol. The highest BCUT2D eigenvalue weighted by molar-refractivity contribution is 5.92. The van der Waals surface area contributed by atoms with Gasteiger partial charge in [-0.3, -0.25) is 0 Å². The quantitative estimate of drug-likeness (QED) is 0.177. The van der Waals surface area contributed by atoms with Gasteiger partial charge < -0.3 is 4.74 Å². The van der Waals surface area contributed by atoms with E-state index in [2.05, 4.69) is 189 Å². The van der Waals surface area contributed by atoms with Crippen molar-refractivity contribution in [2.75, 3.05) is 0 Å². The molecule has 0 fully saturated rings. The number of ether oxygens (including phenoxy) is 1. The van der Waals surface area contributed by atoms with Crippen molar-refractivity contribution in [3.8, 4) is 67.7 Å². The first kappa shape index (κ1) is 33.3. The van der Waals surface area contributed by atoms with Gasteiger partial charge in [0.2, 0.25) is 0 Å². The average Bonchev–Trinajstić information content (AvgIpc) is 3.56. The number of fused-ring (bicyclic) bond motifs is 8. The Kier molecular flexibility index (Phi) is 7.75. The Bertz CT molecular complexity index is 2790.